The Kier molecular flexibility index (Phi) is 4.60. The lowest BCUT2D eigenvalue weighted by molar-refractivity contribution is -0.120. The number of nitrogens with one attached hydrogen (secondary N) is 1. The summed E-state index contributed by atoms with van der Waals surface area (Å²) in [6.45, 7) is 2.35. The molecule has 0 atom stereocenters. The van der Waals surface area contributed by atoms with Gasteiger partial charge in [0, 0.05) is 12.7 Å². The maximum Gasteiger partial charge on any atom is 0.250 e. The summed E-state index contributed by atoms with van der Waals surface area (Å²) in [4.78, 5) is 11.4. The van der Waals surface area contributed by atoms with E-state index in [1.165, 1.54) is 0 Å². The number of nitrogen functional groups attached to an aromatic ring is 1. The fourth-order valence-corrected chi connectivity index (χ4v) is 1.15. The summed E-state index contributed by atoms with van der Waals surface area (Å²) in [6.07, 6.45) is 0. The van der Waals surface area contributed by atoms with Crippen LogP contribution in [0.3, 0.4) is 0 Å². The standard InChI is InChI=1S/C11H16N2O3/c1-3-16-7-11(14)13-10-6-8(15-2)4-5-9(10)12/h4-6H,3,7,12H2,1-2H3,(H,13,14). The van der Waals surface area contributed by atoms with Crippen LogP contribution in [0.2, 0.25) is 0 Å². The van der Waals surface area contributed by atoms with Crippen molar-refractivity contribution >= 4 is 17.3 Å². The Morgan fingerprint density at radius 3 is 2.88 bits per heavy atom. The van der Waals surface area contributed by atoms with E-state index in [1.807, 2.05) is 6.92 Å². The van der Waals surface area contributed by atoms with Crippen LogP contribution in [-0.4, -0.2) is 26.2 Å². The van der Waals surface area contributed by atoms with Crippen molar-refractivity contribution < 1.29 is 14.3 Å². The fraction of sp³-hybridized carbons (Fsp3) is 0.364. The Labute approximate surface area is 94.5 Å². The summed E-state index contributed by atoms with van der Waals surface area (Å²) in [5, 5.41) is 2.65. The van der Waals surface area contributed by atoms with E-state index in [-0.39, 0.29) is 12.5 Å². The first-order chi connectivity index (χ1) is 7.67. The van der Waals surface area contributed by atoms with Gasteiger partial charge in [0.05, 0.1) is 18.5 Å². The van der Waals surface area contributed by atoms with Crippen molar-refractivity contribution in [3.05, 3.63) is 18.2 Å². The first-order valence-corrected chi connectivity index (χ1v) is 4.98. The van der Waals surface area contributed by atoms with E-state index in [4.69, 9.17) is 15.2 Å². The van der Waals surface area contributed by atoms with Crippen LogP contribution in [0.15, 0.2) is 18.2 Å². The number of carbonyl (C=O) groups excluding carboxylic acids is 1. The van der Waals surface area contributed by atoms with E-state index in [1.54, 1.807) is 25.3 Å². The van der Waals surface area contributed by atoms with Crippen LogP contribution >= 0.6 is 0 Å². The van der Waals surface area contributed by atoms with Gasteiger partial charge in [-0.05, 0) is 19.1 Å². The molecule has 0 spiro atoms. The van der Waals surface area contributed by atoms with Crippen molar-refractivity contribution in [2.75, 3.05) is 31.4 Å². The van der Waals surface area contributed by atoms with Gasteiger partial charge < -0.3 is 20.5 Å². The number of amides is 1. The lowest BCUT2D eigenvalue weighted by Crippen LogP contribution is -2.19. The number of hydrogen-bond donors (Lipinski definition) is 2. The molecule has 1 rings (SSSR count). The van der Waals surface area contributed by atoms with Crippen molar-refractivity contribution in [1.82, 2.24) is 0 Å². The normalized spacial score (nSPS) is 9.88. The summed E-state index contributed by atoms with van der Waals surface area (Å²) in [5.41, 5.74) is 6.73. The molecule has 0 saturated heterocycles. The third-order valence-electron chi connectivity index (χ3n) is 1.97. The Bertz CT molecular complexity index is 366. The summed E-state index contributed by atoms with van der Waals surface area (Å²) >= 11 is 0. The zero-order chi connectivity index (χ0) is 12.0. The molecule has 88 valence electrons. The van der Waals surface area contributed by atoms with Gasteiger partial charge in [0.15, 0.2) is 0 Å². The molecular formula is C11H16N2O3. The Morgan fingerprint density at radius 2 is 2.25 bits per heavy atom. The lowest BCUT2D eigenvalue weighted by Gasteiger charge is -2.09. The lowest BCUT2D eigenvalue weighted by atomic mass is 10.2. The monoisotopic (exact) mass is 224 g/mol. The third-order valence-corrected chi connectivity index (χ3v) is 1.97. The van der Waals surface area contributed by atoms with Gasteiger partial charge in [0.25, 0.3) is 0 Å². The van der Waals surface area contributed by atoms with Crippen LogP contribution in [0, 0.1) is 0 Å². The van der Waals surface area contributed by atoms with Gasteiger partial charge in [0.2, 0.25) is 5.91 Å². The second-order valence-electron chi connectivity index (χ2n) is 3.14. The smallest absolute Gasteiger partial charge is 0.250 e. The molecule has 1 aromatic rings. The van der Waals surface area contributed by atoms with E-state index in [0.29, 0.717) is 23.7 Å². The highest BCUT2D eigenvalue weighted by Gasteiger charge is 2.06. The molecule has 0 aromatic heterocycles. The molecule has 16 heavy (non-hydrogen) atoms. The zero-order valence-corrected chi connectivity index (χ0v) is 9.45. The maximum absolute atomic E-state index is 11.4. The first kappa shape index (κ1) is 12.3. The molecule has 0 aliphatic carbocycles. The van der Waals surface area contributed by atoms with E-state index in [0.717, 1.165) is 0 Å². The SMILES string of the molecule is CCOCC(=O)Nc1cc(OC)ccc1N. The topological polar surface area (TPSA) is 73.6 Å². The van der Waals surface area contributed by atoms with Gasteiger partial charge in [-0.15, -0.1) is 0 Å². The zero-order valence-electron chi connectivity index (χ0n) is 9.45. The number of hydrogen-bond acceptors (Lipinski definition) is 4. The number of carbonyl (C=O) groups is 1. The van der Waals surface area contributed by atoms with E-state index in [9.17, 15) is 4.79 Å². The summed E-state index contributed by atoms with van der Waals surface area (Å²) < 4.78 is 10.0. The molecule has 0 fully saturated rings. The number of anilines is 2. The van der Waals surface area contributed by atoms with Crippen molar-refractivity contribution in [3.63, 3.8) is 0 Å². The van der Waals surface area contributed by atoms with Gasteiger partial charge in [-0.1, -0.05) is 0 Å². The minimum atomic E-state index is -0.234. The van der Waals surface area contributed by atoms with Crippen LogP contribution in [0.5, 0.6) is 5.75 Å². The minimum absolute atomic E-state index is 0.0210. The van der Waals surface area contributed by atoms with Crippen molar-refractivity contribution in [2.45, 2.75) is 6.92 Å². The van der Waals surface area contributed by atoms with Crippen molar-refractivity contribution in [3.8, 4) is 5.75 Å². The van der Waals surface area contributed by atoms with Gasteiger partial charge in [-0.2, -0.15) is 0 Å². The van der Waals surface area contributed by atoms with E-state index < -0.39 is 0 Å². The second kappa shape index (κ2) is 5.97. The highest BCUT2D eigenvalue weighted by Crippen LogP contribution is 2.24. The Balaban J connectivity index is 2.68. The van der Waals surface area contributed by atoms with E-state index in [2.05, 4.69) is 5.32 Å². The van der Waals surface area contributed by atoms with Gasteiger partial charge in [-0.3, -0.25) is 4.79 Å². The van der Waals surface area contributed by atoms with Crippen LogP contribution in [-0.2, 0) is 9.53 Å². The number of methoxy groups -OCH3 is 1. The van der Waals surface area contributed by atoms with Crippen LogP contribution in [0.1, 0.15) is 6.92 Å². The highest BCUT2D eigenvalue weighted by atomic mass is 16.5. The fourth-order valence-electron chi connectivity index (χ4n) is 1.15. The molecule has 0 unspecified atom stereocenters. The summed E-state index contributed by atoms with van der Waals surface area (Å²) in [5.74, 6) is 0.405. The number of ether oxygens (including phenoxy) is 2. The highest BCUT2D eigenvalue weighted by molar-refractivity contribution is 5.94. The molecule has 0 radical (unpaired) electrons. The minimum Gasteiger partial charge on any atom is -0.497 e. The molecule has 0 aliphatic heterocycles. The molecule has 3 N–H and O–H groups in total. The molecule has 1 amide bonds. The quantitative estimate of drug-likeness (QED) is 0.738. The van der Waals surface area contributed by atoms with Crippen LogP contribution in [0.4, 0.5) is 11.4 Å². The maximum atomic E-state index is 11.4. The predicted octanol–water partition coefficient (Wildman–Crippen LogP) is 1.25. The average Bonchev–Trinajstić information content (AvgIpc) is 2.29. The van der Waals surface area contributed by atoms with Crippen molar-refractivity contribution in [2.24, 2.45) is 0 Å². The first-order valence-electron chi connectivity index (χ1n) is 4.98. The molecule has 1 aromatic carbocycles. The summed E-state index contributed by atoms with van der Waals surface area (Å²) in [6, 6.07) is 5.07. The molecule has 0 aliphatic rings. The van der Waals surface area contributed by atoms with Gasteiger partial charge in [0.1, 0.15) is 12.4 Å². The van der Waals surface area contributed by atoms with Crippen molar-refractivity contribution in [1.29, 1.82) is 0 Å². The number of nitrogens with two attached hydrogens (primary N) is 1. The molecule has 0 saturated carbocycles. The molecule has 5 heteroatoms. The van der Waals surface area contributed by atoms with Gasteiger partial charge in [-0.25, -0.2) is 0 Å². The Hall–Kier alpha value is -1.75. The molecule has 5 nitrogen and oxygen atoms in total. The third kappa shape index (κ3) is 3.43. The number of rotatable bonds is 5. The largest absolute Gasteiger partial charge is 0.497 e. The van der Waals surface area contributed by atoms with Gasteiger partial charge >= 0.3 is 0 Å². The molecule has 0 bridgehead atoms. The number of benzene rings is 1. The Morgan fingerprint density at radius 1 is 1.50 bits per heavy atom. The molecule has 0 heterocycles. The van der Waals surface area contributed by atoms with Crippen LogP contribution < -0.4 is 15.8 Å². The average molecular weight is 224 g/mol. The van der Waals surface area contributed by atoms with E-state index >= 15 is 0 Å². The summed E-state index contributed by atoms with van der Waals surface area (Å²) in [7, 11) is 1.55. The predicted molar refractivity (Wildman–Crippen MR) is 62.5 cm³/mol. The second-order valence-corrected chi connectivity index (χ2v) is 3.14. The molecular weight excluding hydrogens is 208 g/mol. The van der Waals surface area contributed by atoms with Crippen LogP contribution in [0.25, 0.3) is 0 Å².